The first kappa shape index (κ1) is 11.2. The molecular weight excluding hydrogens is 238 g/mol. The molecule has 0 saturated heterocycles. The first-order valence-corrected chi connectivity index (χ1v) is 5.16. The molecular formula is C12H8ClN3O. The van der Waals surface area contributed by atoms with Crippen molar-refractivity contribution in [1.29, 1.82) is 5.26 Å². The molecule has 2 N–H and O–H groups in total. The molecule has 1 heterocycles. The number of para-hydroxylation sites is 1. The number of nitrogens with two attached hydrogens (primary N) is 1. The van der Waals surface area contributed by atoms with E-state index in [1.54, 1.807) is 24.3 Å². The lowest BCUT2D eigenvalue weighted by Crippen LogP contribution is -1.95. The SMILES string of the molecule is N#Cc1cc(N)cnc1Oc1ccccc1Cl. The van der Waals surface area contributed by atoms with Gasteiger partial charge in [-0.15, -0.1) is 0 Å². The number of pyridine rings is 1. The fraction of sp³-hybridized carbons (Fsp3) is 0. The van der Waals surface area contributed by atoms with Gasteiger partial charge in [-0.25, -0.2) is 4.98 Å². The lowest BCUT2D eigenvalue weighted by molar-refractivity contribution is 0.461. The molecule has 1 aromatic carbocycles. The minimum atomic E-state index is 0.190. The van der Waals surface area contributed by atoms with Gasteiger partial charge in [0, 0.05) is 0 Å². The minimum Gasteiger partial charge on any atom is -0.436 e. The third-order valence-electron chi connectivity index (χ3n) is 2.04. The third kappa shape index (κ3) is 2.47. The van der Waals surface area contributed by atoms with Crippen molar-refractivity contribution < 1.29 is 4.74 Å². The predicted octanol–water partition coefficient (Wildman–Crippen LogP) is 2.98. The number of aromatic nitrogens is 1. The lowest BCUT2D eigenvalue weighted by atomic mass is 10.3. The second-order valence-electron chi connectivity index (χ2n) is 3.27. The molecule has 1 aromatic heterocycles. The summed E-state index contributed by atoms with van der Waals surface area (Å²) >= 11 is 5.94. The second kappa shape index (κ2) is 4.73. The molecule has 0 atom stereocenters. The maximum absolute atomic E-state index is 8.93. The predicted molar refractivity (Wildman–Crippen MR) is 64.9 cm³/mol. The Balaban J connectivity index is 2.37. The van der Waals surface area contributed by atoms with Crippen LogP contribution in [0.25, 0.3) is 0 Å². The van der Waals surface area contributed by atoms with E-state index in [9.17, 15) is 0 Å². The Kier molecular flexibility index (Phi) is 3.12. The van der Waals surface area contributed by atoms with Crippen LogP contribution in [0.1, 0.15) is 5.56 Å². The number of hydrogen-bond acceptors (Lipinski definition) is 4. The van der Waals surface area contributed by atoms with E-state index in [0.717, 1.165) is 0 Å². The standard InChI is InChI=1S/C12H8ClN3O/c13-10-3-1-2-4-11(10)17-12-8(6-14)5-9(15)7-16-12/h1-5,7H,15H2. The van der Waals surface area contributed by atoms with Crippen molar-refractivity contribution in [2.24, 2.45) is 0 Å². The highest BCUT2D eigenvalue weighted by atomic mass is 35.5. The lowest BCUT2D eigenvalue weighted by Gasteiger charge is -2.07. The molecule has 0 fully saturated rings. The number of nitriles is 1. The maximum Gasteiger partial charge on any atom is 0.237 e. The fourth-order valence-corrected chi connectivity index (χ4v) is 1.44. The van der Waals surface area contributed by atoms with Crippen LogP contribution in [0, 0.1) is 11.3 Å². The van der Waals surface area contributed by atoms with Crippen LogP contribution >= 0.6 is 11.6 Å². The summed E-state index contributed by atoms with van der Waals surface area (Å²) in [6, 6.07) is 10.4. The summed E-state index contributed by atoms with van der Waals surface area (Å²) in [5, 5.41) is 9.39. The van der Waals surface area contributed by atoms with E-state index in [0.29, 0.717) is 16.5 Å². The Bertz CT molecular complexity index is 593. The van der Waals surface area contributed by atoms with E-state index in [-0.39, 0.29) is 11.4 Å². The minimum absolute atomic E-state index is 0.190. The summed E-state index contributed by atoms with van der Waals surface area (Å²) in [5.74, 6) is 0.637. The zero-order chi connectivity index (χ0) is 12.3. The molecule has 0 spiro atoms. The van der Waals surface area contributed by atoms with Gasteiger partial charge >= 0.3 is 0 Å². The first-order chi connectivity index (χ1) is 8.20. The van der Waals surface area contributed by atoms with Crippen molar-refractivity contribution >= 4 is 17.3 Å². The highest BCUT2D eigenvalue weighted by Crippen LogP contribution is 2.29. The zero-order valence-corrected chi connectivity index (χ0v) is 9.48. The molecule has 0 aliphatic carbocycles. The maximum atomic E-state index is 8.93. The van der Waals surface area contributed by atoms with Gasteiger partial charge in [-0.3, -0.25) is 0 Å². The number of halogens is 1. The number of rotatable bonds is 2. The number of nitrogen functional groups attached to an aromatic ring is 1. The van der Waals surface area contributed by atoms with Gasteiger partial charge < -0.3 is 10.5 Å². The summed E-state index contributed by atoms with van der Waals surface area (Å²) in [5.41, 5.74) is 6.21. The van der Waals surface area contributed by atoms with Crippen LogP contribution < -0.4 is 10.5 Å². The molecule has 0 saturated carbocycles. The largest absolute Gasteiger partial charge is 0.436 e. The average molecular weight is 246 g/mol. The van der Waals surface area contributed by atoms with Crippen LogP contribution in [0.4, 0.5) is 5.69 Å². The summed E-state index contributed by atoms with van der Waals surface area (Å²) in [6.07, 6.45) is 1.42. The normalized spacial score (nSPS) is 9.65. The molecule has 0 aliphatic rings. The first-order valence-electron chi connectivity index (χ1n) is 4.78. The number of anilines is 1. The van der Waals surface area contributed by atoms with Crippen molar-refractivity contribution in [1.82, 2.24) is 4.98 Å². The van der Waals surface area contributed by atoms with E-state index < -0.39 is 0 Å². The second-order valence-corrected chi connectivity index (χ2v) is 3.67. The van der Waals surface area contributed by atoms with Gasteiger partial charge in [0.05, 0.1) is 16.9 Å². The number of hydrogen-bond donors (Lipinski definition) is 1. The van der Waals surface area contributed by atoms with Crippen LogP contribution in [0.3, 0.4) is 0 Å². The van der Waals surface area contributed by atoms with Gasteiger partial charge in [0.2, 0.25) is 5.88 Å². The summed E-state index contributed by atoms with van der Waals surface area (Å²) in [6.45, 7) is 0. The van der Waals surface area contributed by atoms with Crippen molar-refractivity contribution in [3.05, 3.63) is 47.1 Å². The van der Waals surface area contributed by atoms with Gasteiger partial charge in [0.25, 0.3) is 0 Å². The Morgan fingerprint density at radius 3 is 2.82 bits per heavy atom. The fourth-order valence-electron chi connectivity index (χ4n) is 1.26. The summed E-state index contributed by atoms with van der Waals surface area (Å²) in [7, 11) is 0. The van der Waals surface area contributed by atoms with Crippen LogP contribution in [-0.2, 0) is 0 Å². The van der Waals surface area contributed by atoms with Crippen LogP contribution in [0.5, 0.6) is 11.6 Å². The summed E-state index contributed by atoms with van der Waals surface area (Å²) < 4.78 is 5.47. The van der Waals surface area contributed by atoms with Crippen molar-refractivity contribution in [2.45, 2.75) is 0 Å². The number of benzene rings is 1. The molecule has 5 heteroatoms. The van der Waals surface area contributed by atoms with Crippen molar-refractivity contribution in [3.8, 4) is 17.7 Å². The number of nitrogens with zero attached hydrogens (tertiary/aromatic N) is 2. The molecule has 2 rings (SSSR count). The highest BCUT2D eigenvalue weighted by molar-refractivity contribution is 6.32. The Labute approximate surface area is 103 Å². The van der Waals surface area contributed by atoms with E-state index in [4.69, 9.17) is 27.3 Å². The van der Waals surface area contributed by atoms with E-state index in [1.807, 2.05) is 6.07 Å². The van der Waals surface area contributed by atoms with Gasteiger partial charge in [0.1, 0.15) is 17.4 Å². The van der Waals surface area contributed by atoms with Crippen LogP contribution in [0.15, 0.2) is 36.5 Å². The van der Waals surface area contributed by atoms with Crippen LogP contribution in [-0.4, -0.2) is 4.98 Å². The van der Waals surface area contributed by atoms with Gasteiger partial charge in [0.15, 0.2) is 0 Å². The Hall–Kier alpha value is -2.25. The van der Waals surface area contributed by atoms with Gasteiger partial charge in [-0.05, 0) is 18.2 Å². The van der Waals surface area contributed by atoms with E-state index in [2.05, 4.69) is 4.98 Å². The molecule has 0 radical (unpaired) electrons. The Morgan fingerprint density at radius 1 is 1.35 bits per heavy atom. The van der Waals surface area contributed by atoms with E-state index in [1.165, 1.54) is 12.3 Å². The van der Waals surface area contributed by atoms with Gasteiger partial charge in [-0.2, -0.15) is 5.26 Å². The molecule has 2 aromatic rings. The summed E-state index contributed by atoms with van der Waals surface area (Å²) in [4.78, 5) is 3.96. The highest BCUT2D eigenvalue weighted by Gasteiger charge is 2.08. The van der Waals surface area contributed by atoms with Crippen LogP contribution in [0.2, 0.25) is 5.02 Å². The Morgan fingerprint density at radius 2 is 2.12 bits per heavy atom. The molecule has 84 valence electrons. The smallest absolute Gasteiger partial charge is 0.237 e. The average Bonchev–Trinajstić information content (AvgIpc) is 2.34. The third-order valence-corrected chi connectivity index (χ3v) is 2.35. The molecule has 0 unspecified atom stereocenters. The molecule has 0 aliphatic heterocycles. The topological polar surface area (TPSA) is 71.9 Å². The molecule has 4 nitrogen and oxygen atoms in total. The van der Waals surface area contributed by atoms with Crippen molar-refractivity contribution in [3.63, 3.8) is 0 Å². The molecule has 0 bridgehead atoms. The monoisotopic (exact) mass is 245 g/mol. The molecule has 17 heavy (non-hydrogen) atoms. The molecule has 0 amide bonds. The van der Waals surface area contributed by atoms with Gasteiger partial charge in [-0.1, -0.05) is 23.7 Å². The quantitative estimate of drug-likeness (QED) is 0.883. The van der Waals surface area contributed by atoms with Crippen molar-refractivity contribution in [2.75, 3.05) is 5.73 Å². The number of ether oxygens (including phenoxy) is 1. The van der Waals surface area contributed by atoms with E-state index >= 15 is 0 Å². The zero-order valence-electron chi connectivity index (χ0n) is 8.72.